The van der Waals surface area contributed by atoms with Gasteiger partial charge in [0.15, 0.2) is 0 Å². The smallest absolute Gasteiger partial charge is 0.226 e. The van der Waals surface area contributed by atoms with Gasteiger partial charge in [-0.25, -0.2) is 0 Å². The zero-order valence-electron chi connectivity index (χ0n) is 13.4. The van der Waals surface area contributed by atoms with Crippen LogP contribution in [0.4, 0.5) is 0 Å². The van der Waals surface area contributed by atoms with Crippen LogP contribution in [0, 0.1) is 5.92 Å². The van der Waals surface area contributed by atoms with E-state index in [1.807, 2.05) is 24.0 Å². The molecule has 1 saturated heterocycles. The predicted molar refractivity (Wildman–Crippen MR) is 92.9 cm³/mol. The minimum atomic E-state index is -0.560. The summed E-state index contributed by atoms with van der Waals surface area (Å²) in [6.45, 7) is 2.71. The van der Waals surface area contributed by atoms with Crippen molar-refractivity contribution in [2.45, 2.75) is 57.1 Å². The highest BCUT2D eigenvalue weighted by molar-refractivity contribution is 6.35. The van der Waals surface area contributed by atoms with Crippen LogP contribution in [0.3, 0.4) is 0 Å². The van der Waals surface area contributed by atoms with E-state index in [1.165, 1.54) is 0 Å². The molecule has 3 nitrogen and oxygen atoms in total. The van der Waals surface area contributed by atoms with E-state index < -0.39 is 5.60 Å². The molecule has 1 saturated carbocycles. The predicted octanol–water partition coefficient (Wildman–Crippen LogP) is 4.08. The molecule has 0 aromatic heterocycles. The van der Waals surface area contributed by atoms with Gasteiger partial charge in [-0.3, -0.25) is 4.79 Å². The van der Waals surface area contributed by atoms with Crippen LogP contribution in [0.5, 0.6) is 0 Å². The van der Waals surface area contributed by atoms with Crippen LogP contribution in [0.2, 0.25) is 10.0 Å². The first-order valence-electron chi connectivity index (χ1n) is 8.32. The van der Waals surface area contributed by atoms with Crippen LogP contribution < -0.4 is 0 Å². The van der Waals surface area contributed by atoms with Crippen molar-refractivity contribution < 1.29 is 9.90 Å². The fourth-order valence-corrected chi connectivity index (χ4v) is 4.29. The summed E-state index contributed by atoms with van der Waals surface area (Å²) in [5, 5.41) is 11.3. The third-order valence-electron chi connectivity index (χ3n) is 5.31. The van der Waals surface area contributed by atoms with Crippen LogP contribution >= 0.6 is 23.2 Å². The van der Waals surface area contributed by atoms with Gasteiger partial charge in [0.25, 0.3) is 0 Å². The first-order chi connectivity index (χ1) is 10.9. The lowest BCUT2D eigenvalue weighted by molar-refractivity contribution is -0.134. The molecule has 1 heterocycles. The number of aliphatic hydroxyl groups is 1. The standard InChI is InChI=1S/C18H23Cl2NO2/c1-18(23)7-4-15(5-8-18)21-9-6-13(17(21)22)10-12-2-3-14(19)11-16(12)20/h2-3,11,13,15,23H,4-10H2,1H3/t13?,15-,18-. The highest BCUT2D eigenvalue weighted by Crippen LogP contribution is 2.35. The summed E-state index contributed by atoms with van der Waals surface area (Å²) in [5.41, 5.74) is 0.429. The van der Waals surface area contributed by atoms with Gasteiger partial charge in [-0.05, 0) is 63.1 Å². The molecule has 1 unspecified atom stereocenters. The lowest BCUT2D eigenvalue weighted by Gasteiger charge is -2.37. The third-order valence-corrected chi connectivity index (χ3v) is 5.89. The maximum absolute atomic E-state index is 12.7. The topological polar surface area (TPSA) is 40.5 Å². The molecule has 2 fully saturated rings. The molecule has 1 atom stereocenters. The molecule has 0 radical (unpaired) electrons. The lowest BCUT2D eigenvalue weighted by Crippen LogP contribution is -2.43. The molecular weight excluding hydrogens is 333 g/mol. The number of benzene rings is 1. The van der Waals surface area contributed by atoms with E-state index in [1.54, 1.807) is 6.07 Å². The minimum absolute atomic E-state index is 0.0103. The van der Waals surface area contributed by atoms with Gasteiger partial charge in [-0.1, -0.05) is 29.3 Å². The molecule has 1 aliphatic carbocycles. The average molecular weight is 356 g/mol. The largest absolute Gasteiger partial charge is 0.390 e. The molecule has 1 amide bonds. The van der Waals surface area contributed by atoms with Crippen LogP contribution in [0.1, 0.15) is 44.6 Å². The van der Waals surface area contributed by atoms with E-state index in [2.05, 4.69) is 0 Å². The maximum atomic E-state index is 12.7. The molecule has 0 bridgehead atoms. The van der Waals surface area contributed by atoms with Crippen LogP contribution in [-0.4, -0.2) is 34.1 Å². The Kier molecular flexibility index (Phi) is 4.91. The van der Waals surface area contributed by atoms with Crippen LogP contribution in [-0.2, 0) is 11.2 Å². The first kappa shape index (κ1) is 17.1. The quantitative estimate of drug-likeness (QED) is 0.887. The molecule has 3 rings (SSSR count). The second kappa shape index (κ2) is 6.62. The number of rotatable bonds is 3. The Hall–Kier alpha value is -0.770. The monoisotopic (exact) mass is 355 g/mol. The summed E-state index contributed by atoms with van der Waals surface area (Å²) >= 11 is 12.2. The summed E-state index contributed by atoms with van der Waals surface area (Å²) in [6.07, 6.45) is 4.89. The van der Waals surface area contributed by atoms with Crippen molar-refractivity contribution in [2.24, 2.45) is 5.92 Å². The Balaban J connectivity index is 1.63. The number of carbonyl (C=O) groups is 1. The van der Waals surface area contributed by atoms with E-state index in [0.29, 0.717) is 16.5 Å². The van der Waals surface area contributed by atoms with E-state index in [-0.39, 0.29) is 17.9 Å². The normalized spacial score (nSPS) is 31.7. The van der Waals surface area contributed by atoms with Gasteiger partial charge >= 0.3 is 0 Å². The lowest BCUT2D eigenvalue weighted by atomic mass is 9.83. The van der Waals surface area contributed by atoms with Crippen molar-refractivity contribution >= 4 is 29.1 Å². The Morgan fingerprint density at radius 1 is 1.26 bits per heavy atom. The summed E-state index contributed by atoms with van der Waals surface area (Å²) < 4.78 is 0. The molecule has 0 spiro atoms. The highest BCUT2D eigenvalue weighted by Gasteiger charge is 2.39. The van der Waals surface area contributed by atoms with Gasteiger partial charge < -0.3 is 10.0 Å². The maximum Gasteiger partial charge on any atom is 0.226 e. The van der Waals surface area contributed by atoms with Crippen molar-refractivity contribution in [1.82, 2.24) is 4.90 Å². The number of carbonyl (C=O) groups excluding carboxylic acids is 1. The zero-order chi connectivity index (χ0) is 16.6. The Morgan fingerprint density at radius 2 is 1.96 bits per heavy atom. The van der Waals surface area contributed by atoms with Gasteiger partial charge in [-0.15, -0.1) is 0 Å². The van der Waals surface area contributed by atoms with Crippen molar-refractivity contribution in [3.8, 4) is 0 Å². The molecule has 2 aliphatic rings. The fraction of sp³-hybridized carbons (Fsp3) is 0.611. The second-order valence-electron chi connectivity index (χ2n) is 7.19. The molecule has 1 aromatic rings. The second-order valence-corrected chi connectivity index (χ2v) is 8.03. The number of likely N-dealkylation sites (tertiary alicyclic amines) is 1. The molecule has 23 heavy (non-hydrogen) atoms. The number of halogens is 2. The van der Waals surface area contributed by atoms with Gasteiger partial charge in [-0.2, -0.15) is 0 Å². The van der Waals surface area contributed by atoms with E-state index in [4.69, 9.17) is 23.2 Å². The Labute approximate surface area is 147 Å². The number of nitrogens with zero attached hydrogens (tertiary/aromatic N) is 1. The summed E-state index contributed by atoms with van der Waals surface area (Å²) in [5.74, 6) is 0.249. The molecule has 1 aliphatic heterocycles. The number of hydrogen-bond acceptors (Lipinski definition) is 2. The summed E-state index contributed by atoms with van der Waals surface area (Å²) in [6, 6.07) is 5.76. The van der Waals surface area contributed by atoms with Crippen molar-refractivity contribution in [3.05, 3.63) is 33.8 Å². The third kappa shape index (κ3) is 3.84. The van der Waals surface area contributed by atoms with Crippen LogP contribution in [0.15, 0.2) is 18.2 Å². The summed E-state index contributed by atoms with van der Waals surface area (Å²) in [4.78, 5) is 14.8. The molecule has 5 heteroatoms. The number of hydrogen-bond donors (Lipinski definition) is 1. The Bertz CT molecular complexity index is 593. The highest BCUT2D eigenvalue weighted by atomic mass is 35.5. The molecular formula is C18H23Cl2NO2. The van der Waals surface area contributed by atoms with E-state index in [9.17, 15) is 9.90 Å². The van der Waals surface area contributed by atoms with Gasteiger partial charge in [0.1, 0.15) is 0 Å². The SMILES string of the molecule is C[C@]1(O)CC[C@H](N2CCC(Cc3ccc(Cl)cc3Cl)C2=O)CC1. The molecule has 126 valence electrons. The van der Waals surface area contributed by atoms with Gasteiger partial charge in [0.2, 0.25) is 5.91 Å². The van der Waals surface area contributed by atoms with Crippen LogP contribution in [0.25, 0.3) is 0 Å². The molecule has 1 aromatic carbocycles. The van der Waals surface area contributed by atoms with Crippen molar-refractivity contribution in [1.29, 1.82) is 0 Å². The molecule has 1 N–H and O–H groups in total. The average Bonchev–Trinajstić information content (AvgIpc) is 2.83. The Morgan fingerprint density at radius 3 is 2.61 bits per heavy atom. The van der Waals surface area contributed by atoms with Gasteiger partial charge in [0, 0.05) is 28.5 Å². The van der Waals surface area contributed by atoms with E-state index >= 15 is 0 Å². The van der Waals surface area contributed by atoms with Crippen molar-refractivity contribution in [2.75, 3.05) is 6.54 Å². The number of amides is 1. The van der Waals surface area contributed by atoms with E-state index in [0.717, 1.165) is 44.2 Å². The van der Waals surface area contributed by atoms with Gasteiger partial charge in [0.05, 0.1) is 5.60 Å². The zero-order valence-corrected chi connectivity index (χ0v) is 14.9. The van der Waals surface area contributed by atoms with Crippen molar-refractivity contribution in [3.63, 3.8) is 0 Å². The fourth-order valence-electron chi connectivity index (χ4n) is 3.80. The summed E-state index contributed by atoms with van der Waals surface area (Å²) in [7, 11) is 0. The first-order valence-corrected chi connectivity index (χ1v) is 9.08. The minimum Gasteiger partial charge on any atom is -0.390 e.